The highest BCUT2D eigenvalue weighted by Gasteiger charge is 2.06. The molecule has 0 bridgehead atoms. The average molecular weight is 300 g/mol. The largest absolute Gasteiger partial charge is 0.456 e. The summed E-state index contributed by atoms with van der Waals surface area (Å²) in [5.74, 6) is 0.738. The van der Waals surface area contributed by atoms with Crippen molar-refractivity contribution in [2.45, 2.75) is 0 Å². The highest BCUT2D eigenvalue weighted by molar-refractivity contribution is 6.31. The number of rotatable bonds is 3. The van der Waals surface area contributed by atoms with Crippen LogP contribution in [0.4, 0.5) is 0 Å². The van der Waals surface area contributed by atoms with Gasteiger partial charge in [-0.1, -0.05) is 41.9 Å². The van der Waals surface area contributed by atoms with Crippen LogP contribution < -0.4 is 5.36 Å². The van der Waals surface area contributed by atoms with Crippen LogP contribution in [0.5, 0.6) is 0 Å². The van der Waals surface area contributed by atoms with Gasteiger partial charge in [-0.2, -0.15) is 0 Å². The molecular formula is C17H14ClNO2. The third-order valence-electron chi connectivity index (χ3n) is 3.15. The fourth-order valence-corrected chi connectivity index (χ4v) is 2.36. The van der Waals surface area contributed by atoms with Crippen LogP contribution >= 0.6 is 11.6 Å². The Balaban J connectivity index is 2.27. The van der Waals surface area contributed by atoms with Crippen molar-refractivity contribution in [2.75, 3.05) is 13.2 Å². The Labute approximate surface area is 127 Å². The van der Waals surface area contributed by atoms with E-state index in [1.807, 2.05) is 48.5 Å². The van der Waals surface area contributed by atoms with E-state index in [0.29, 0.717) is 11.6 Å². The SMILES string of the molecule is OCCN=c1cc(-c2ccccc2)oc2ccc(Cl)cc12. The predicted molar refractivity (Wildman–Crippen MR) is 84.2 cm³/mol. The van der Waals surface area contributed by atoms with E-state index >= 15 is 0 Å². The number of fused-ring (bicyclic) bond motifs is 1. The molecule has 1 heterocycles. The van der Waals surface area contributed by atoms with Gasteiger partial charge in [-0.25, -0.2) is 0 Å². The van der Waals surface area contributed by atoms with Gasteiger partial charge in [0.25, 0.3) is 0 Å². The number of hydrogen-bond acceptors (Lipinski definition) is 3. The van der Waals surface area contributed by atoms with E-state index in [1.165, 1.54) is 0 Å². The van der Waals surface area contributed by atoms with Gasteiger partial charge in [-0.3, -0.25) is 4.99 Å². The maximum atomic E-state index is 9.00. The van der Waals surface area contributed by atoms with E-state index in [-0.39, 0.29) is 6.61 Å². The Morgan fingerprint density at radius 2 is 1.86 bits per heavy atom. The maximum absolute atomic E-state index is 9.00. The lowest BCUT2D eigenvalue weighted by Crippen LogP contribution is -2.06. The molecule has 0 saturated carbocycles. The lowest BCUT2D eigenvalue weighted by Gasteiger charge is -2.05. The van der Waals surface area contributed by atoms with E-state index in [4.69, 9.17) is 21.1 Å². The minimum atomic E-state index is 0.00870. The fourth-order valence-electron chi connectivity index (χ4n) is 2.19. The molecule has 0 atom stereocenters. The van der Waals surface area contributed by atoms with Crippen molar-refractivity contribution in [2.24, 2.45) is 4.99 Å². The Hall–Kier alpha value is -2.10. The molecule has 0 saturated heterocycles. The van der Waals surface area contributed by atoms with E-state index in [0.717, 1.165) is 27.7 Å². The smallest absolute Gasteiger partial charge is 0.136 e. The van der Waals surface area contributed by atoms with Crippen LogP contribution in [-0.2, 0) is 0 Å². The lowest BCUT2D eigenvalue weighted by atomic mass is 10.1. The second-order valence-electron chi connectivity index (χ2n) is 4.61. The number of halogens is 1. The Morgan fingerprint density at radius 1 is 1.05 bits per heavy atom. The number of benzene rings is 2. The van der Waals surface area contributed by atoms with Gasteiger partial charge in [0.05, 0.1) is 18.5 Å². The van der Waals surface area contributed by atoms with Crippen LogP contribution in [0.3, 0.4) is 0 Å². The van der Waals surface area contributed by atoms with E-state index in [9.17, 15) is 0 Å². The van der Waals surface area contributed by atoms with Gasteiger partial charge in [-0.15, -0.1) is 0 Å². The summed E-state index contributed by atoms with van der Waals surface area (Å²) in [6, 6.07) is 17.2. The van der Waals surface area contributed by atoms with Crippen molar-refractivity contribution < 1.29 is 9.52 Å². The summed E-state index contributed by atoms with van der Waals surface area (Å²) in [4.78, 5) is 4.41. The molecule has 0 aliphatic rings. The third kappa shape index (κ3) is 2.99. The van der Waals surface area contributed by atoms with Crippen molar-refractivity contribution in [1.29, 1.82) is 0 Å². The molecule has 0 spiro atoms. The molecule has 1 aromatic heterocycles. The van der Waals surface area contributed by atoms with Crippen LogP contribution in [0.15, 0.2) is 64.0 Å². The van der Waals surface area contributed by atoms with E-state index < -0.39 is 0 Å². The average Bonchev–Trinajstić information content (AvgIpc) is 2.53. The second-order valence-corrected chi connectivity index (χ2v) is 5.04. The summed E-state index contributed by atoms with van der Waals surface area (Å²) in [5.41, 5.74) is 1.70. The zero-order chi connectivity index (χ0) is 14.7. The molecule has 0 fully saturated rings. The van der Waals surface area contributed by atoms with Gasteiger partial charge in [0.2, 0.25) is 0 Å². The molecule has 0 aliphatic heterocycles. The molecular weight excluding hydrogens is 286 g/mol. The normalized spacial score (nSPS) is 12.0. The number of aliphatic hydroxyl groups excluding tert-OH is 1. The molecule has 1 N–H and O–H groups in total. The first-order valence-corrected chi connectivity index (χ1v) is 7.06. The highest BCUT2D eigenvalue weighted by Crippen LogP contribution is 2.23. The number of nitrogens with zero attached hydrogens (tertiary/aromatic N) is 1. The first kappa shape index (κ1) is 13.9. The molecule has 4 heteroatoms. The molecule has 0 unspecified atom stereocenters. The number of aliphatic hydroxyl groups is 1. The maximum Gasteiger partial charge on any atom is 0.136 e. The first-order chi connectivity index (χ1) is 10.3. The molecule has 3 nitrogen and oxygen atoms in total. The summed E-state index contributed by atoms with van der Waals surface area (Å²) in [7, 11) is 0. The van der Waals surface area contributed by atoms with Crippen molar-refractivity contribution in [1.82, 2.24) is 0 Å². The summed E-state index contributed by atoms with van der Waals surface area (Å²) >= 11 is 6.05. The van der Waals surface area contributed by atoms with Gasteiger partial charge in [0, 0.05) is 22.0 Å². The third-order valence-corrected chi connectivity index (χ3v) is 3.38. The van der Waals surface area contributed by atoms with Gasteiger partial charge in [-0.05, 0) is 18.2 Å². The first-order valence-electron chi connectivity index (χ1n) is 6.68. The van der Waals surface area contributed by atoms with E-state index in [2.05, 4.69) is 4.99 Å². The standard InChI is InChI=1S/C17H14ClNO2/c18-13-6-7-16-14(10-13)15(19-8-9-20)11-17(21-16)12-4-2-1-3-5-12/h1-7,10-11,20H,8-9H2. The molecule has 0 radical (unpaired) electrons. The molecule has 0 aliphatic carbocycles. The van der Waals surface area contributed by atoms with Crippen molar-refractivity contribution in [3.05, 3.63) is 65.0 Å². The van der Waals surface area contributed by atoms with Crippen LogP contribution in [0.1, 0.15) is 0 Å². The summed E-state index contributed by atoms with van der Waals surface area (Å²) < 4.78 is 5.94. The molecule has 0 amide bonds. The summed E-state index contributed by atoms with van der Waals surface area (Å²) in [6.45, 7) is 0.356. The minimum absolute atomic E-state index is 0.00870. The zero-order valence-electron chi connectivity index (χ0n) is 11.3. The quantitative estimate of drug-likeness (QED) is 0.802. The van der Waals surface area contributed by atoms with Crippen LogP contribution in [0.25, 0.3) is 22.3 Å². The minimum Gasteiger partial charge on any atom is -0.456 e. The van der Waals surface area contributed by atoms with Gasteiger partial charge < -0.3 is 9.52 Å². The Bertz CT molecular complexity index is 825. The van der Waals surface area contributed by atoms with Crippen molar-refractivity contribution in [3.8, 4) is 11.3 Å². The van der Waals surface area contributed by atoms with Gasteiger partial charge in [0.1, 0.15) is 11.3 Å². The topological polar surface area (TPSA) is 45.7 Å². The molecule has 106 valence electrons. The van der Waals surface area contributed by atoms with Crippen LogP contribution in [-0.4, -0.2) is 18.3 Å². The zero-order valence-corrected chi connectivity index (χ0v) is 12.0. The molecule has 3 rings (SSSR count). The highest BCUT2D eigenvalue weighted by atomic mass is 35.5. The Kier molecular flexibility index (Phi) is 4.04. The van der Waals surface area contributed by atoms with Crippen molar-refractivity contribution >= 4 is 22.6 Å². The fraction of sp³-hybridized carbons (Fsp3) is 0.118. The monoisotopic (exact) mass is 299 g/mol. The lowest BCUT2D eigenvalue weighted by molar-refractivity contribution is 0.306. The number of hydrogen-bond donors (Lipinski definition) is 1. The van der Waals surface area contributed by atoms with Gasteiger partial charge >= 0.3 is 0 Å². The van der Waals surface area contributed by atoms with E-state index in [1.54, 1.807) is 6.07 Å². The van der Waals surface area contributed by atoms with Gasteiger partial charge in [0.15, 0.2) is 0 Å². The van der Waals surface area contributed by atoms with Crippen LogP contribution in [0.2, 0.25) is 5.02 Å². The van der Waals surface area contributed by atoms with Crippen molar-refractivity contribution in [3.63, 3.8) is 0 Å². The second kappa shape index (κ2) is 6.12. The molecule has 21 heavy (non-hydrogen) atoms. The summed E-state index contributed by atoms with van der Waals surface area (Å²) in [5, 5.41) is 11.2. The summed E-state index contributed by atoms with van der Waals surface area (Å²) in [6.07, 6.45) is 0. The van der Waals surface area contributed by atoms with Crippen LogP contribution in [0, 0.1) is 0 Å². The Morgan fingerprint density at radius 3 is 2.62 bits per heavy atom. The predicted octanol–water partition coefficient (Wildman–Crippen LogP) is 3.65. The molecule has 3 aromatic rings. The molecule has 2 aromatic carbocycles.